The van der Waals surface area contributed by atoms with E-state index >= 15 is 0 Å². The Morgan fingerprint density at radius 1 is 0.656 bits per heavy atom. The molecule has 3 nitrogen and oxygen atoms in total. The Morgan fingerprint density at radius 2 is 1.28 bits per heavy atom. The number of carbonyl (C=O) groups excluding carboxylic acids is 1. The zero-order chi connectivity index (χ0) is 21.9. The maximum absolute atomic E-state index is 13.0. The molecule has 0 atom stereocenters. The second kappa shape index (κ2) is 8.66. The van der Waals surface area contributed by atoms with Crippen molar-refractivity contribution in [2.45, 2.75) is 0 Å². The summed E-state index contributed by atoms with van der Waals surface area (Å²) in [5.41, 5.74) is 5.83. The lowest BCUT2D eigenvalue weighted by Crippen LogP contribution is -2.01. The minimum Gasteiger partial charge on any atom is -0.337 e. The van der Waals surface area contributed by atoms with Crippen molar-refractivity contribution in [2.75, 3.05) is 0 Å². The molecule has 5 rings (SSSR count). The van der Waals surface area contributed by atoms with E-state index in [1.54, 1.807) is 0 Å². The van der Waals surface area contributed by atoms with Crippen LogP contribution in [0.5, 0.6) is 0 Å². The van der Waals surface area contributed by atoms with Gasteiger partial charge in [-0.2, -0.15) is 0 Å². The summed E-state index contributed by atoms with van der Waals surface area (Å²) in [5, 5.41) is 0.677. The number of rotatable bonds is 5. The summed E-state index contributed by atoms with van der Waals surface area (Å²) in [7, 11) is 0. The number of nitrogens with one attached hydrogen (secondary N) is 1. The quantitative estimate of drug-likeness (QED) is 0.295. The summed E-state index contributed by atoms with van der Waals surface area (Å²) in [6.45, 7) is 0. The fourth-order valence-electron chi connectivity index (χ4n) is 3.70. The second-order valence-corrected chi connectivity index (χ2v) is 7.89. The van der Waals surface area contributed by atoms with Crippen LogP contribution < -0.4 is 0 Å². The van der Waals surface area contributed by atoms with Gasteiger partial charge in [-0.1, -0.05) is 90.5 Å². The van der Waals surface area contributed by atoms with Gasteiger partial charge in [-0.25, -0.2) is 4.98 Å². The molecule has 0 spiro atoms. The molecule has 32 heavy (non-hydrogen) atoms. The molecule has 0 aliphatic carbocycles. The molecule has 154 valence electrons. The predicted octanol–water partition coefficient (Wildman–Crippen LogP) is 7.30. The van der Waals surface area contributed by atoms with Crippen LogP contribution in [-0.2, 0) is 0 Å². The first-order valence-electron chi connectivity index (χ1n) is 10.3. The van der Waals surface area contributed by atoms with E-state index in [1.807, 2.05) is 109 Å². The standard InChI is InChI=1S/C28H19ClN2O/c29-24-16-14-21(15-17-24)28-30-25(19-8-3-1-4-9-19)26(31-28)22-12-7-13-23(18-22)27(32)20-10-5-2-6-11-20/h1-18H,(H,30,31). The molecule has 1 aromatic heterocycles. The molecule has 0 saturated heterocycles. The van der Waals surface area contributed by atoms with E-state index in [2.05, 4.69) is 4.98 Å². The molecule has 0 fully saturated rings. The van der Waals surface area contributed by atoms with E-state index in [-0.39, 0.29) is 5.78 Å². The van der Waals surface area contributed by atoms with Gasteiger partial charge in [0.2, 0.25) is 0 Å². The SMILES string of the molecule is O=C(c1ccccc1)c1cccc(-c2nc(-c3ccc(Cl)cc3)[nH]c2-c2ccccc2)c1. The highest BCUT2D eigenvalue weighted by Crippen LogP contribution is 2.33. The van der Waals surface area contributed by atoms with Crippen molar-refractivity contribution in [1.82, 2.24) is 9.97 Å². The van der Waals surface area contributed by atoms with Crippen LogP contribution >= 0.6 is 11.6 Å². The highest BCUT2D eigenvalue weighted by atomic mass is 35.5. The number of aromatic amines is 1. The summed E-state index contributed by atoms with van der Waals surface area (Å²) in [6.07, 6.45) is 0. The van der Waals surface area contributed by atoms with E-state index in [0.29, 0.717) is 16.1 Å². The number of carbonyl (C=O) groups is 1. The minimum atomic E-state index is -0.0119. The van der Waals surface area contributed by atoms with Crippen molar-refractivity contribution >= 4 is 17.4 Å². The Kier molecular flexibility index (Phi) is 5.40. The molecule has 0 bridgehead atoms. The number of imidazole rings is 1. The molecule has 0 radical (unpaired) electrons. The molecular weight excluding hydrogens is 416 g/mol. The summed E-state index contributed by atoms with van der Waals surface area (Å²) >= 11 is 6.06. The third-order valence-corrected chi connectivity index (χ3v) is 5.57. The lowest BCUT2D eigenvalue weighted by Gasteiger charge is -2.06. The first-order valence-corrected chi connectivity index (χ1v) is 10.7. The van der Waals surface area contributed by atoms with Gasteiger partial charge in [0.05, 0.1) is 11.4 Å². The number of benzene rings is 4. The topological polar surface area (TPSA) is 45.8 Å². The molecule has 1 heterocycles. The van der Waals surface area contributed by atoms with Crippen molar-refractivity contribution < 1.29 is 4.79 Å². The average molecular weight is 435 g/mol. The zero-order valence-electron chi connectivity index (χ0n) is 17.1. The van der Waals surface area contributed by atoms with Gasteiger partial charge >= 0.3 is 0 Å². The van der Waals surface area contributed by atoms with Gasteiger partial charge in [0.1, 0.15) is 5.82 Å². The number of aromatic nitrogens is 2. The summed E-state index contributed by atoms with van der Waals surface area (Å²) in [5.74, 6) is 0.734. The monoisotopic (exact) mass is 434 g/mol. The average Bonchev–Trinajstić information content (AvgIpc) is 3.31. The van der Waals surface area contributed by atoms with Crippen LogP contribution in [0.3, 0.4) is 0 Å². The fourth-order valence-corrected chi connectivity index (χ4v) is 3.83. The van der Waals surface area contributed by atoms with Crippen molar-refractivity contribution in [3.8, 4) is 33.9 Å². The molecule has 0 aliphatic rings. The van der Waals surface area contributed by atoms with E-state index < -0.39 is 0 Å². The second-order valence-electron chi connectivity index (χ2n) is 7.46. The molecule has 0 amide bonds. The molecule has 0 aliphatic heterocycles. The van der Waals surface area contributed by atoms with Crippen LogP contribution in [0.2, 0.25) is 5.02 Å². The van der Waals surface area contributed by atoms with E-state index in [9.17, 15) is 4.79 Å². The van der Waals surface area contributed by atoms with Crippen LogP contribution in [0.1, 0.15) is 15.9 Å². The van der Waals surface area contributed by atoms with E-state index in [4.69, 9.17) is 16.6 Å². The van der Waals surface area contributed by atoms with Crippen molar-refractivity contribution in [1.29, 1.82) is 0 Å². The number of hydrogen-bond donors (Lipinski definition) is 1. The minimum absolute atomic E-state index is 0.0119. The maximum atomic E-state index is 13.0. The van der Waals surface area contributed by atoms with Gasteiger partial charge in [0, 0.05) is 32.8 Å². The Morgan fingerprint density at radius 3 is 2.00 bits per heavy atom. The highest BCUT2D eigenvalue weighted by molar-refractivity contribution is 6.30. The van der Waals surface area contributed by atoms with Gasteiger partial charge in [0.15, 0.2) is 5.78 Å². The molecule has 4 aromatic carbocycles. The first kappa shape index (κ1) is 20.0. The van der Waals surface area contributed by atoms with E-state index in [1.165, 1.54) is 0 Å². The molecule has 0 saturated carbocycles. The van der Waals surface area contributed by atoms with Crippen LogP contribution in [-0.4, -0.2) is 15.8 Å². The summed E-state index contributed by atoms with van der Waals surface area (Å²) in [4.78, 5) is 21.4. The Labute approximate surface area is 191 Å². The van der Waals surface area contributed by atoms with Gasteiger partial charge in [0.25, 0.3) is 0 Å². The molecule has 4 heteroatoms. The normalized spacial score (nSPS) is 10.8. The van der Waals surface area contributed by atoms with E-state index in [0.717, 1.165) is 33.9 Å². The van der Waals surface area contributed by atoms with Crippen LogP contribution in [0, 0.1) is 0 Å². The number of hydrogen-bond acceptors (Lipinski definition) is 2. The highest BCUT2D eigenvalue weighted by Gasteiger charge is 2.17. The number of nitrogens with zero attached hydrogens (tertiary/aromatic N) is 1. The number of halogens is 1. The number of ketones is 1. The Balaban J connectivity index is 1.62. The van der Waals surface area contributed by atoms with Crippen LogP contribution in [0.15, 0.2) is 109 Å². The number of H-pyrrole nitrogens is 1. The third kappa shape index (κ3) is 3.98. The first-order chi connectivity index (χ1) is 15.7. The Hall–Kier alpha value is -3.95. The van der Waals surface area contributed by atoms with Crippen molar-refractivity contribution in [3.05, 3.63) is 125 Å². The molecule has 1 N–H and O–H groups in total. The largest absolute Gasteiger partial charge is 0.337 e. The van der Waals surface area contributed by atoms with Gasteiger partial charge in [-0.15, -0.1) is 0 Å². The summed E-state index contributed by atoms with van der Waals surface area (Å²) in [6, 6.07) is 34.6. The fraction of sp³-hybridized carbons (Fsp3) is 0. The predicted molar refractivity (Wildman–Crippen MR) is 130 cm³/mol. The lowest BCUT2D eigenvalue weighted by molar-refractivity contribution is 0.103. The van der Waals surface area contributed by atoms with Crippen molar-refractivity contribution in [2.24, 2.45) is 0 Å². The molecular formula is C28H19ClN2O. The van der Waals surface area contributed by atoms with Gasteiger partial charge < -0.3 is 4.98 Å². The van der Waals surface area contributed by atoms with Gasteiger partial charge in [-0.05, 0) is 30.3 Å². The van der Waals surface area contributed by atoms with Crippen LogP contribution in [0.4, 0.5) is 0 Å². The van der Waals surface area contributed by atoms with Crippen LogP contribution in [0.25, 0.3) is 33.9 Å². The zero-order valence-corrected chi connectivity index (χ0v) is 17.9. The summed E-state index contributed by atoms with van der Waals surface area (Å²) < 4.78 is 0. The third-order valence-electron chi connectivity index (χ3n) is 5.32. The van der Waals surface area contributed by atoms with Gasteiger partial charge in [-0.3, -0.25) is 4.79 Å². The lowest BCUT2D eigenvalue weighted by atomic mass is 9.99. The molecule has 5 aromatic rings. The molecule has 0 unspecified atom stereocenters. The maximum Gasteiger partial charge on any atom is 0.193 e. The Bertz CT molecular complexity index is 1370. The smallest absolute Gasteiger partial charge is 0.193 e. The van der Waals surface area contributed by atoms with Crippen molar-refractivity contribution in [3.63, 3.8) is 0 Å².